The van der Waals surface area contributed by atoms with Crippen LogP contribution in [0.25, 0.3) is 21.9 Å². The summed E-state index contributed by atoms with van der Waals surface area (Å²) >= 11 is 0. The Balaban J connectivity index is 1.62. The van der Waals surface area contributed by atoms with Gasteiger partial charge in [0.2, 0.25) is 5.43 Å². The van der Waals surface area contributed by atoms with Crippen LogP contribution in [-0.2, 0) is 0 Å². The Morgan fingerprint density at radius 1 is 1.04 bits per heavy atom. The predicted molar refractivity (Wildman–Crippen MR) is 102 cm³/mol. The van der Waals surface area contributed by atoms with Gasteiger partial charge in [-0.3, -0.25) is 4.79 Å². The van der Waals surface area contributed by atoms with E-state index in [1.54, 1.807) is 0 Å². The number of anilines is 2. The van der Waals surface area contributed by atoms with Crippen LogP contribution in [0.15, 0.2) is 45.6 Å². The molecule has 1 aromatic heterocycles. The van der Waals surface area contributed by atoms with E-state index < -0.39 is 0 Å². The summed E-state index contributed by atoms with van der Waals surface area (Å²) < 4.78 is 5.96. The van der Waals surface area contributed by atoms with E-state index in [0.717, 1.165) is 49.4 Å². The summed E-state index contributed by atoms with van der Waals surface area (Å²) in [4.78, 5) is 15.4. The number of hydrogen-bond acceptors (Lipinski definition) is 5. The number of fused-ring (bicyclic) bond motifs is 3. The molecule has 0 spiro atoms. The molecule has 2 atom stereocenters. The van der Waals surface area contributed by atoms with Gasteiger partial charge in [-0.25, -0.2) is 0 Å². The quantitative estimate of drug-likeness (QED) is 0.705. The van der Waals surface area contributed by atoms with Gasteiger partial charge in [0, 0.05) is 44.6 Å². The van der Waals surface area contributed by atoms with Crippen molar-refractivity contribution in [2.24, 2.45) is 11.8 Å². The molecule has 2 saturated heterocycles. The van der Waals surface area contributed by atoms with Crippen molar-refractivity contribution in [2.45, 2.75) is 0 Å². The van der Waals surface area contributed by atoms with Crippen molar-refractivity contribution in [2.75, 3.05) is 43.4 Å². The SMILES string of the molecule is CNc1ccc2oc3ccc(N4CC5CNCC5C4)cc3c(=O)c2c1. The second-order valence-corrected chi connectivity index (χ2v) is 7.16. The highest BCUT2D eigenvalue weighted by Crippen LogP contribution is 2.32. The van der Waals surface area contributed by atoms with Crippen molar-refractivity contribution in [1.82, 2.24) is 5.32 Å². The third-order valence-electron chi connectivity index (χ3n) is 5.70. The molecule has 25 heavy (non-hydrogen) atoms. The lowest BCUT2D eigenvalue weighted by atomic mass is 10.0. The molecule has 2 aliphatic rings. The van der Waals surface area contributed by atoms with E-state index in [2.05, 4.69) is 21.6 Å². The van der Waals surface area contributed by atoms with Crippen molar-refractivity contribution in [3.8, 4) is 0 Å². The molecular weight excluding hydrogens is 314 g/mol. The molecule has 2 N–H and O–H groups in total. The molecule has 5 heteroatoms. The molecule has 3 aromatic rings. The highest BCUT2D eigenvalue weighted by Gasteiger charge is 2.36. The number of hydrogen-bond donors (Lipinski definition) is 2. The van der Waals surface area contributed by atoms with Gasteiger partial charge in [0.15, 0.2) is 0 Å². The minimum absolute atomic E-state index is 0.0382. The summed E-state index contributed by atoms with van der Waals surface area (Å²) in [6.45, 7) is 4.33. The van der Waals surface area contributed by atoms with Gasteiger partial charge in [0.05, 0.1) is 10.8 Å². The lowest BCUT2D eigenvalue weighted by Crippen LogP contribution is -2.25. The van der Waals surface area contributed by atoms with Crippen molar-refractivity contribution >= 4 is 33.3 Å². The van der Waals surface area contributed by atoms with Crippen LogP contribution in [0, 0.1) is 11.8 Å². The molecule has 128 valence electrons. The Morgan fingerprint density at radius 2 is 1.72 bits per heavy atom. The highest BCUT2D eigenvalue weighted by atomic mass is 16.3. The fraction of sp³-hybridized carbons (Fsp3) is 0.350. The van der Waals surface area contributed by atoms with Crippen LogP contribution in [0.3, 0.4) is 0 Å². The standard InChI is InChI=1S/C20H21N3O2/c1-21-14-2-4-18-16(6-14)20(24)17-7-15(3-5-19(17)25-18)23-10-12-8-22-9-13(12)11-23/h2-7,12-13,21-22H,8-11H2,1H3. The zero-order chi connectivity index (χ0) is 17.0. The van der Waals surface area contributed by atoms with E-state index in [-0.39, 0.29) is 5.43 Å². The Labute approximate surface area is 145 Å². The molecule has 5 rings (SSSR count). The Kier molecular flexibility index (Phi) is 3.25. The zero-order valence-electron chi connectivity index (χ0n) is 14.2. The monoisotopic (exact) mass is 335 g/mol. The van der Waals surface area contributed by atoms with E-state index in [1.165, 1.54) is 0 Å². The fourth-order valence-electron chi connectivity index (χ4n) is 4.26. The first kappa shape index (κ1) is 14.8. The van der Waals surface area contributed by atoms with E-state index in [1.807, 2.05) is 37.4 Å². The van der Waals surface area contributed by atoms with E-state index in [0.29, 0.717) is 21.9 Å². The van der Waals surface area contributed by atoms with E-state index in [4.69, 9.17) is 4.42 Å². The number of nitrogens with one attached hydrogen (secondary N) is 2. The summed E-state index contributed by atoms with van der Waals surface area (Å²) in [5, 5.41) is 7.83. The Bertz CT molecular complexity index is 1010. The average Bonchev–Trinajstić information content (AvgIpc) is 3.23. The van der Waals surface area contributed by atoms with Crippen LogP contribution in [0.1, 0.15) is 0 Å². The minimum atomic E-state index is 0.0382. The normalized spacial score (nSPS) is 22.7. The first-order valence-corrected chi connectivity index (χ1v) is 8.87. The first-order valence-electron chi connectivity index (χ1n) is 8.87. The maximum atomic E-state index is 13.0. The zero-order valence-corrected chi connectivity index (χ0v) is 14.2. The van der Waals surface area contributed by atoms with E-state index >= 15 is 0 Å². The lowest BCUT2D eigenvalue weighted by Gasteiger charge is -2.20. The van der Waals surface area contributed by atoms with Gasteiger partial charge < -0.3 is 20.0 Å². The molecule has 0 aliphatic carbocycles. The highest BCUT2D eigenvalue weighted by molar-refractivity contribution is 5.92. The van der Waals surface area contributed by atoms with Crippen molar-refractivity contribution in [3.63, 3.8) is 0 Å². The third kappa shape index (κ3) is 2.30. The van der Waals surface area contributed by atoms with Crippen LogP contribution in [0.5, 0.6) is 0 Å². The summed E-state index contributed by atoms with van der Waals surface area (Å²) in [6, 6.07) is 11.6. The summed E-state index contributed by atoms with van der Waals surface area (Å²) in [7, 11) is 1.85. The van der Waals surface area contributed by atoms with Gasteiger partial charge in [-0.15, -0.1) is 0 Å². The fourth-order valence-corrected chi connectivity index (χ4v) is 4.26. The number of nitrogens with zero attached hydrogens (tertiary/aromatic N) is 1. The van der Waals surface area contributed by atoms with Gasteiger partial charge in [-0.2, -0.15) is 0 Å². The van der Waals surface area contributed by atoms with Gasteiger partial charge in [-0.1, -0.05) is 0 Å². The van der Waals surface area contributed by atoms with Crippen molar-refractivity contribution in [1.29, 1.82) is 0 Å². The second kappa shape index (κ2) is 5.49. The van der Waals surface area contributed by atoms with Gasteiger partial charge in [0.1, 0.15) is 11.2 Å². The summed E-state index contributed by atoms with van der Waals surface area (Å²) in [5.41, 5.74) is 3.36. The van der Waals surface area contributed by atoms with Crippen molar-refractivity contribution < 1.29 is 4.42 Å². The second-order valence-electron chi connectivity index (χ2n) is 7.16. The van der Waals surface area contributed by atoms with Crippen LogP contribution < -0.4 is 21.0 Å². The number of benzene rings is 2. The average molecular weight is 335 g/mol. The molecule has 2 unspecified atom stereocenters. The van der Waals surface area contributed by atoms with Crippen LogP contribution in [0.2, 0.25) is 0 Å². The van der Waals surface area contributed by atoms with Crippen LogP contribution >= 0.6 is 0 Å². The predicted octanol–water partition coefficient (Wildman–Crippen LogP) is 2.64. The molecular formula is C20H21N3O2. The molecule has 2 aromatic carbocycles. The topological polar surface area (TPSA) is 57.5 Å². The molecule has 0 amide bonds. The van der Waals surface area contributed by atoms with Crippen molar-refractivity contribution in [3.05, 3.63) is 46.6 Å². The number of rotatable bonds is 2. The van der Waals surface area contributed by atoms with Gasteiger partial charge in [-0.05, 0) is 48.2 Å². The molecule has 2 aliphatic heterocycles. The smallest absolute Gasteiger partial charge is 0.200 e. The van der Waals surface area contributed by atoms with Crippen LogP contribution in [0.4, 0.5) is 11.4 Å². The maximum Gasteiger partial charge on any atom is 0.200 e. The molecule has 2 fully saturated rings. The minimum Gasteiger partial charge on any atom is -0.456 e. The molecule has 3 heterocycles. The van der Waals surface area contributed by atoms with Gasteiger partial charge in [0.25, 0.3) is 0 Å². The maximum absolute atomic E-state index is 13.0. The largest absolute Gasteiger partial charge is 0.456 e. The Hall–Kier alpha value is -2.53. The third-order valence-corrected chi connectivity index (χ3v) is 5.70. The molecule has 0 saturated carbocycles. The molecule has 0 bridgehead atoms. The molecule has 0 radical (unpaired) electrons. The van der Waals surface area contributed by atoms with Gasteiger partial charge >= 0.3 is 0 Å². The lowest BCUT2D eigenvalue weighted by molar-refractivity contribution is 0.533. The first-order chi connectivity index (χ1) is 12.2. The van der Waals surface area contributed by atoms with Crippen LogP contribution in [-0.4, -0.2) is 33.2 Å². The summed E-state index contributed by atoms with van der Waals surface area (Å²) in [6.07, 6.45) is 0. The van der Waals surface area contributed by atoms with E-state index in [9.17, 15) is 4.79 Å². The Morgan fingerprint density at radius 3 is 2.44 bits per heavy atom. The molecule has 5 nitrogen and oxygen atoms in total. The summed E-state index contributed by atoms with van der Waals surface area (Å²) in [5.74, 6) is 1.45.